The van der Waals surface area contributed by atoms with Gasteiger partial charge in [-0.2, -0.15) is 0 Å². The molecule has 0 aliphatic carbocycles. The molecule has 0 heterocycles. The van der Waals surface area contributed by atoms with Crippen LogP contribution in [0.25, 0.3) is 0 Å². The number of hydrogen-bond acceptors (Lipinski definition) is 5. The average molecular weight is 696 g/mol. The second kappa shape index (κ2) is 1910. The van der Waals surface area contributed by atoms with Gasteiger partial charge in [0.05, 0.1) is 0 Å². The van der Waals surface area contributed by atoms with Crippen LogP contribution < -0.4 is 0 Å². The van der Waals surface area contributed by atoms with Gasteiger partial charge in [-0.25, -0.2) is 0 Å². The van der Waals surface area contributed by atoms with Crippen LogP contribution in [0.2, 0.25) is 0 Å². The second-order valence-corrected chi connectivity index (χ2v) is 0. The van der Waals surface area contributed by atoms with Crippen molar-refractivity contribution < 1.29 is 233 Å². The van der Waals surface area contributed by atoms with E-state index in [4.69, 9.17) is 31.5 Å². The zero-order chi connectivity index (χ0) is 6.00. The molecule has 0 rings (SSSR count). The summed E-state index contributed by atoms with van der Waals surface area (Å²) >= 11 is 0. The van der Waals surface area contributed by atoms with Crippen LogP contribution in [0.4, 0.5) is 0 Å². The SMILES string of the molecule is O.O.O.O.O.O.O.O.O.O.O.OO.OO.O[OH2+].[OH3+].[OH3+].[V].[V].[V].[V].[V].[V].[V]. The molecule has 0 aliphatic heterocycles. The molecular weight excluding hydrogens is 661 g/mol. The summed E-state index contributed by atoms with van der Waals surface area (Å²) in [6, 6.07) is 0. The molecule has 26 heavy (non-hydrogen) atoms. The van der Waals surface area contributed by atoms with Gasteiger partial charge in [-0.1, -0.05) is 0 Å². The molecule has 0 aliphatic rings. The minimum Gasteiger partial charge on any atom is -0.457 e. The Kier molecular flexibility index (Phi) is 43100. The van der Waals surface area contributed by atoms with E-state index in [0.717, 1.165) is 0 Å². The first-order chi connectivity index (χ1) is 3.00. The molecule has 0 unspecified atom stereocenters. The van der Waals surface area contributed by atoms with Gasteiger partial charge in [-0.15, -0.1) is 5.26 Å². The fraction of sp³-hybridized carbons (Fsp3) is 0. The third-order valence-electron chi connectivity index (χ3n) is 0. The van der Waals surface area contributed by atoms with E-state index in [0.29, 0.717) is 0 Å². The average Bonchev–Trinajstić information content (AvgIpc) is 1.81. The minimum absolute atomic E-state index is 0. The normalized spacial score (nSPS) is 0.692. The maximum Gasteiger partial charge on any atom is 0 e. The zero-order valence-electron chi connectivity index (χ0n) is 12.5. The van der Waals surface area contributed by atoms with E-state index in [2.05, 4.69) is 0 Å². The van der Waals surface area contributed by atoms with Crippen molar-refractivity contribution >= 4 is 0 Å². The molecule has 181 valence electrons. The first-order valence-corrected chi connectivity index (χ1v) is 0.624. The zero-order valence-corrected chi connectivity index (χ0v) is 22.3. The third-order valence-corrected chi connectivity index (χ3v) is 0. The minimum atomic E-state index is 0. The molecule has 0 spiro atoms. The van der Waals surface area contributed by atoms with Crippen molar-refractivity contribution in [3.63, 3.8) is 0 Å². The summed E-state index contributed by atoms with van der Waals surface area (Å²) in [7, 11) is 0. The van der Waals surface area contributed by atoms with E-state index in [9.17, 15) is 0 Å². The Morgan fingerprint density at radius 3 is 0.269 bits per heavy atom. The third kappa shape index (κ3) is 1710. The quantitative estimate of drug-likeness (QED) is 0.0933. The smallest absolute Gasteiger partial charge is 0 e. The summed E-state index contributed by atoms with van der Waals surface area (Å²) in [4.78, 5) is 0. The molecule has 19 nitrogen and oxygen atoms in total. The summed E-state index contributed by atoms with van der Waals surface area (Å²) in [6.07, 6.45) is 0. The van der Waals surface area contributed by atoms with Crippen LogP contribution in [0.5, 0.6) is 0 Å². The molecule has 0 bridgehead atoms. The van der Waals surface area contributed by atoms with Gasteiger partial charge in [-0.3, -0.25) is 26.3 Å². The Labute approximate surface area is 230 Å². The van der Waals surface area contributed by atoms with E-state index >= 15 is 0 Å². The molecule has 0 saturated carbocycles. The predicted octanol–water partition coefficient (Wildman–Crippen LogP) is -11.7. The van der Waals surface area contributed by atoms with Gasteiger partial charge in [0.2, 0.25) is 0 Å². The van der Waals surface area contributed by atoms with Crippen molar-refractivity contribution in [1.82, 2.24) is 0 Å². The topological polar surface area (TPSA) is 537 Å². The van der Waals surface area contributed by atoms with Crippen molar-refractivity contribution in [3.8, 4) is 0 Å². The summed E-state index contributed by atoms with van der Waals surface area (Å²) in [5, 5.41) is 35.0. The van der Waals surface area contributed by atoms with Crippen molar-refractivity contribution in [1.29, 1.82) is 0 Å². The van der Waals surface area contributed by atoms with Gasteiger partial charge < -0.3 is 71.2 Å². The predicted molar refractivity (Wildman–Crippen MR) is 66.3 cm³/mol. The van der Waals surface area contributed by atoms with Crippen LogP contribution in [-0.4, -0.2) is 91.8 Å². The molecule has 0 fully saturated rings. The van der Waals surface area contributed by atoms with E-state index in [1.807, 2.05) is 0 Å². The molecule has 0 aromatic carbocycles. The molecule has 7 radical (unpaired) electrons. The van der Waals surface area contributed by atoms with Gasteiger partial charge in [-0.05, 0) is 0 Å². The molecule has 0 aromatic heterocycles. The summed E-state index contributed by atoms with van der Waals surface area (Å²) in [5.74, 6) is 0. The van der Waals surface area contributed by atoms with Crippen LogP contribution in [0.15, 0.2) is 0 Å². The molecule has 0 aromatic rings. The molecule has 26 heteroatoms. The fourth-order valence-electron chi connectivity index (χ4n) is 0. The van der Waals surface area contributed by atoms with Crippen molar-refractivity contribution in [2.75, 3.05) is 0 Å². The summed E-state index contributed by atoms with van der Waals surface area (Å²) in [6.45, 7) is 0. The molecule has 0 atom stereocenters. The van der Waals surface area contributed by atoms with Crippen molar-refractivity contribution in [2.45, 2.75) is 0 Å². The van der Waals surface area contributed by atoms with Gasteiger partial charge in [0.25, 0.3) is 0 Å². The molecule has 35 N–H and O–H groups in total. The molecular formula is H35O19V7+3. The first-order valence-electron chi connectivity index (χ1n) is 0.624. The Bertz CT molecular complexity index is 21.8. The Balaban J connectivity index is -0.000000000179. The molecule has 0 amide bonds. The van der Waals surface area contributed by atoms with Gasteiger partial charge in [0, 0.05) is 130 Å². The van der Waals surface area contributed by atoms with Crippen LogP contribution in [0.1, 0.15) is 0 Å². The Morgan fingerprint density at radius 2 is 0.269 bits per heavy atom. The maximum atomic E-state index is 6.25. The Hall–Kier alpha value is 3.33. The Morgan fingerprint density at radius 1 is 0.269 bits per heavy atom. The van der Waals surface area contributed by atoms with Crippen LogP contribution in [0, 0.1) is 0 Å². The molecule has 0 saturated heterocycles. The van der Waals surface area contributed by atoms with Crippen LogP contribution in [-0.2, 0) is 141 Å². The number of rotatable bonds is 0. The van der Waals surface area contributed by atoms with E-state index in [1.165, 1.54) is 0 Å². The standard InChI is InChI=1S/3H2O2.13H2O.7V/c3*1-2;;;;;;;;;;;;;;;;;;;;/h3*1-2H;13*1H2;;;;;;;/p+3. The largest absolute Gasteiger partial charge is 0.457 e. The van der Waals surface area contributed by atoms with Gasteiger partial charge in [0.15, 0.2) is 0 Å². The first kappa shape index (κ1) is 587. The summed E-state index contributed by atoms with van der Waals surface area (Å²) in [5.41, 5.74) is 0. The fourth-order valence-corrected chi connectivity index (χ4v) is 0. The van der Waals surface area contributed by atoms with Crippen LogP contribution in [0.3, 0.4) is 0 Å². The number of hydrogen-bond donors (Lipinski definition) is 5. The van der Waals surface area contributed by atoms with Crippen molar-refractivity contribution in [2.24, 2.45) is 0 Å². The summed E-state index contributed by atoms with van der Waals surface area (Å²) < 4.78 is 0. The van der Waals surface area contributed by atoms with Gasteiger partial charge in [0.1, 0.15) is 0 Å². The monoisotopic (exact) mass is 696 g/mol. The van der Waals surface area contributed by atoms with Gasteiger partial charge >= 0.3 is 0 Å². The van der Waals surface area contributed by atoms with E-state index < -0.39 is 0 Å². The second-order valence-electron chi connectivity index (χ2n) is 0. The van der Waals surface area contributed by atoms with E-state index in [-0.39, 0.29) is 201 Å². The maximum absolute atomic E-state index is 6.25. The van der Waals surface area contributed by atoms with Crippen molar-refractivity contribution in [3.05, 3.63) is 0 Å². The van der Waals surface area contributed by atoms with E-state index in [1.54, 1.807) is 0 Å². The van der Waals surface area contributed by atoms with Crippen LogP contribution >= 0.6 is 0 Å².